The summed E-state index contributed by atoms with van der Waals surface area (Å²) in [6, 6.07) is 15.8. The minimum absolute atomic E-state index is 0.226. The van der Waals surface area contributed by atoms with E-state index in [4.69, 9.17) is 4.52 Å². The maximum Gasteiger partial charge on any atom is 0.300 e. The number of hydrogen-bond donors (Lipinski definition) is 0. The zero-order valence-corrected chi connectivity index (χ0v) is 12.5. The normalized spacial score (nSPS) is 13.7. The molecule has 0 aliphatic rings. The van der Waals surface area contributed by atoms with Crippen LogP contribution in [0.1, 0.15) is 22.8 Å². The first-order chi connectivity index (χ1) is 9.59. The molecule has 0 N–H and O–H groups in total. The van der Waals surface area contributed by atoms with Crippen LogP contribution in [0.3, 0.4) is 0 Å². The maximum absolute atomic E-state index is 13.1. The van der Waals surface area contributed by atoms with Crippen LogP contribution < -0.4 is 5.30 Å². The molecule has 20 heavy (non-hydrogen) atoms. The van der Waals surface area contributed by atoms with Crippen molar-refractivity contribution in [1.29, 1.82) is 0 Å². The molecule has 0 aromatic heterocycles. The van der Waals surface area contributed by atoms with Crippen molar-refractivity contribution >= 4 is 18.2 Å². The topological polar surface area (TPSA) is 43.4 Å². The van der Waals surface area contributed by atoms with Gasteiger partial charge in [0.25, 0.3) is 5.52 Å². The van der Waals surface area contributed by atoms with Crippen LogP contribution in [0.5, 0.6) is 0 Å². The molecular weight excluding hydrogens is 271 g/mol. The number of benzene rings is 2. The Hall–Kier alpha value is -1.70. The summed E-state index contributed by atoms with van der Waals surface area (Å²) in [4.78, 5) is 12.7. The first-order valence-corrected chi connectivity index (χ1v) is 8.13. The lowest BCUT2D eigenvalue weighted by molar-refractivity contribution is 0.105. The Bertz CT molecular complexity index is 650. The van der Waals surface area contributed by atoms with Gasteiger partial charge in [-0.2, -0.15) is 0 Å². The average molecular weight is 288 g/mol. The van der Waals surface area contributed by atoms with Gasteiger partial charge in [-0.3, -0.25) is 9.36 Å². The molecule has 104 valence electrons. The largest absolute Gasteiger partial charge is 0.320 e. The second kappa shape index (κ2) is 6.17. The van der Waals surface area contributed by atoms with E-state index in [2.05, 4.69) is 0 Å². The molecule has 2 rings (SSSR count). The van der Waals surface area contributed by atoms with Gasteiger partial charge in [0.1, 0.15) is 0 Å². The molecule has 0 spiro atoms. The standard InChI is InChI=1S/C16H17O3P/c1-3-19-20(18,14-10-5-4-6-11-14)16(17)15-12-8-7-9-13(15)2/h4-12H,3H2,1-2H3. The molecule has 1 atom stereocenters. The van der Waals surface area contributed by atoms with Crippen LogP contribution in [0.2, 0.25) is 0 Å². The van der Waals surface area contributed by atoms with Crippen LogP contribution >= 0.6 is 7.37 Å². The van der Waals surface area contributed by atoms with Crippen molar-refractivity contribution in [3.05, 3.63) is 65.7 Å². The minimum Gasteiger partial charge on any atom is -0.320 e. The van der Waals surface area contributed by atoms with Gasteiger partial charge in [0, 0.05) is 10.9 Å². The lowest BCUT2D eigenvalue weighted by atomic mass is 10.1. The highest BCUT2D eigenvalue weighted by Gasteiger charge is 2.36. The van der Waals surface area contributed by atoms with E-state index in [0.717, 1.165) is 5.56 Å². The lowest BCUT2D eigenvalue weighted by Gasteiger charge is -2.17. The Morgan fingerprint density at radius 3 is 2.25 bits per heavy atom. The quantitative estimate of drug-likeness (QED) is 0.786. The van der Waals surface area contributed by atoms with Crippen LogP contribution in [0.15, 0.2) is 54.6 Å². The van der Waals surface area contributed by atoms with E-state index in [1.54, 1.807) is 43.3 Å². The Morgan fingerprint density at radius 1 is 1.05 bits per heavy atom. The number of carbonyl (C=O) groups is 1. The van der Waals surface area contributed by atoms with Gasteiger partial charge >= 0.3 is 7.37 Å². The summed E-state index contributed by atoms with van der Waals surface area (Å²) >= 11 is 0. The number of carbonyl (C=O) groups excluding carboxylic acids is 1. The third kappa shape index (κ3) is 2.74. The van der Waals surface area contributed by atoms with Crippen molar-refractivity contribution in [2.75, 3.05) is 6.61 Å². The van der Waals surface area contributed by atoms with Crippen molar-refractivity contribution in [1.82, 2.24) is 0 Å². The number of aryl methyl sites for hydroxylation is 1. The Labute approximate surface area is 119 Å². The zero-order valence-electron chi connectivity index (χ0n) is 11.6. The zero-order chi connectivity index (χ0) is 14.6. The van der Waals surface area contributed by atoms with E-state index in [1.807, 2.05) is 25.1 Å². The van der Waals surface area contributed by atoms with Crippen LogP contribution in [-0.4, -0.2) is 12.1 Å². The van der Waals surface area contributed by atoms with Crippen LogP contribution in [0, 0.1) is 6.92 Å². The van der Waals surface area contributed by atoms with Gasteiger partial charge in [-0.05, 0) is 31.5 Å². The van der Waals surface area contributed by atoms with Gasteiger partial charge in [0.2, 0.25) is 0 Å². The number of rotatable bonds is 5. The number of hydrogen-bond acceptors (Lipinski definition) is 3. The van der Waals surface area contributed by atoms with E-state index in [0.29, 0.717) is 10.9 Å². The molecule has 1 unspecified atom stereocenters. The van der Waals surface area contributed by atoms with E-state index in [9.17, 15) is 9.36 Å². The van der Waals surface area contributed by atoms with Gasteiger partial charge in [-0.15, -0.1) is 0 Å². The molecular formula is C16H17O3P. The van der Waals surface area contributed by atoms with Gasteiger partial charge in [-0.25, -0.2) is 0 Å². The molecule has 2 aromatic carbocycles. The summed E-state index contributed by atoms with van der Waals surface area (Å²) in [7, 11) is -3.55. The molecule has 0 bridgehead atoms. The fraction of sp³-hybridized carbons (Fsp3) is 0.188. The molecule has 0 amide bonds. The smallest absolute Gasteiger partial charge is 0.300 e. The third-order valence-corrected chi connectivity index (χ3v) is 5.43. The van der Waals surface area contributed by atoms with Crippen LogP contribution in [0.25, 0.3) is 0 Å². The fourth-order valence-electron chi connectivity index (χ4n) is 2.03. The van der Waals surface area contributed by atoms with Gasteiger partial charge < -0.3 is 4.52 Å². The second-order valence-corrected chi connectivity index (χ2v) is 6.71. The summed E-state index contributed by atoms with van der Waals surface area (Å²) < 4.78 is 18.5. The van der Waals surface area contributed by atoms with E-state index < -0.39 is 12.9 Å². The van der Waals surface area contributed by atoms with Crippen molar-refractivity contribution in [3.63, 3.8) is 0 Å². The summed E-state index contributed by atoms with van der Waals surface area (Å²) in [5.41, 5.74) is 0.810. The molecule has 3 nitrogen and oxygen atoms in total. The predicted molar refractivity (Wildman–Crippen MR) is 80.8 cm³/mol. The highest BCUT2D eigenvalue weighted by Crippen LogP contribution is 2.49. The molecule has 0 radical (unpaired) electrons. The molecule has 0 heterocycles. The van der Waals surface area contributed by atoms with Gasteiger partial charge in [0.05, 0.1) is 6.61 Å². The fourth-order valence-corrected chi connectivity index (χ4v) is 4.03. The predicted octanol–water partition coefficient (Wildman–Crippen LogP) is 3.78. The highest BCUT2D eigenvalue weighted by molar-refractivity contribution is 7.83. The van der Waals surface area contributed by atoms with Crippen molar-refractivity contribution < 1.29 is 13.9 Å². The SMILES string of the molecule is CCOP(=O)(C(=O)c1ccccc1C)c1ccccc1. The molecule has 0 aliphatic carbocycles. The molecule has 0 aliphatic heterocycles. The first kappa shape index (κ1) is 14.7. The average Bonchev–Trinajstić information content (AvgIpc) is 2.48. The molecule has 2 aromatic rings. The van der Waals surface area contributed by atoms with Gasteiger partial charge in [-0.1, -0.05) is 42.5 Å². The lowest BCUT2D eigenvalue weighted by Crippen LogP contribution is -2.16. The van der Waals surface area contributed by atoms with Gasteiger partial charge in [0.15, 0.2) is 0 Å². The van der Waals surface area contributed by atoms with E-state index in [-0.39, 0.29) is 6.61 Å². The monoisotopic (exact) mass is 288 g/mol. The summed E-state index contributed by atoms with van der Waals surface area (Å²) in [5, 5.41) is 0.440. The van der Waals surface area contributed by atoms with Crippen molar-refractivity contribution in [2.45, 2.75) is 13.8 Å². The highest BCUT2D eigenvalue weighted by atomic mass is 31.2. The third-order valence-electron chi connectivity index (χ3n) is 3.05. The van der Waals surface area contributed by atoms with Crippen LogP contribution in [0.4, 0.5) is 0 Å². The molecule has 0 fully saturated rings. The van der Waals surface area contributed by atoms with E-state index in [1.165, 1.54) is 0 Å². The van der Waals surface area contributed by atoms with E-state index >= 15 is 0 Å². The summed E-state index contributed by atoms with van der Waals surface area (Å²) in [6.07, 6.45) is 0. The van der Waals surface area contributed by atoms with Crippen molar-refractivity contribution in [2.24, 2.45) is 0 Å². The van der Waals surface area contributed by atoms with Crippen molar-refractivity contribution in [3.8, 4) is 0 Å². The second-order valence-electron chi connectivity index (χ2n) is 4.42. The molecule has 0 saturated carbocycles. The van der Waals surface area contributed by atoms with Crippen LogP contribution in [-0.2, 0) is 9.09 Å². The first-order valence-electron chi connectivity index (χ1n) is 6.50. The Morgan fingerprint density at radius 2 is 1.65 bits per heavy atom. The Kier molecular flexibility index (Phi) is 4.53. The Balaban J connectivity index is 2.52. The molecule has 4 heteroatoms. The summed E-state index contributed by atoms with van der Waals surface area (Å²) in [6.45, 7) is 3.79. The summed E-state index contributed by atoms with van der Waals surface area (Å²) in [5.74, 6) is 0. The minimum atomic E-state index is -3.55. The maximum atomic E-state index is 13.1. The molecule has 0 saturated heterocycles.